The Bertz CT molecular complexity index is 768. The van der Waals surface area contributed by atoms with Crippen molar-refractivity contribution in [2.75, 3.05) is 32.1 Å². The molecule has 0 spiro atoms. The van der Waals surface area contributed by atoms with E-state index in [1.165, 1.54) is 18.9 Å². The van der Waals surface area contributed by atoms with Crippen molar-refractivity contribution in [2.24, 2.45) is 0 Å². The summed E-state index contributed by atoms with van der Waals surface area (Å²) in [6.45, 7) is 1.87. The van der Waals surface area contributed by atoms with Crippen LogP contribution in [0.25, 0.3) is 0 Å². The SMILES string of the molecule is COc1ccc(Cl)cc1N(CC(=O)N(C)CCc1ccncc1)C(C)=O. The highest BCUT2D eigenvalue weighted by Gasteiger charge is 2.21. The summed E-state index contributed by atoms with van der Waals surface area (Å²) < 4.78 is 5.30. The monoisotopic (exact) mass is 375 g/mol. The zero-order valence-electron chi connectivity index (χ0n) is 15.1. The number of likely N-dealkylation sites (N-methyl/N-ethyl adjacent to an activating group) is 1. The van der Waals surface area contributed by atoms with Crippen LogP contribution in [-0.2, 0) is 16.0 Å². The van der Waals surface area contributed by atoms with Crippen LogP contribution in [0.4, 0.5) is 5.69 Å². The van der Waals surface area contributed by atoms with E-state index in [1.54, 1.807) is 42.5 Å². The lowest BCUT2D eigenvalue weighted by Crippen LogP contribution is -2.41. The van der Waals surface area contributed by atoms with Crippen molar-refractivity contribution in [3.63, 3.8) is 0 Å². The zero-order chi connectivity index (χ0) is 19.1. The van der Waals surface area contributed by atoms with Crippen molar-refractivity contribution in [3.8, 4) is 5.75 Å². The molecule has 2 aromatic rings. The van der Waals surface area contributed by atoms with Gasteiger partial charge in [0.15, 0.2) is 0 Å². The van der Waals surface area contributed by atoms with Gasteiger partial charge in [0.1, 0.15) is 12.3 Å². The third kappa shape index (κ3) is 5.20. The number of pyridine rings is 1. The Balaban J connectivity index is 2.08. The third-order valence-corrected chi connectivity index (χ3v) is 4.25. The van der Waals surface area contributed by atoms with Crippen molar-refractivity contribution in [1.29, 1.82) is 0 Å². The molecular formula is C19H22ClN3O3. The lowest BCUT2D eigenvalue weighted by molar-refractivity contribution is -0.130. The van der Waals surface area contributed by atoms with Gasteiger partial charge in [-0.2, -0.15) is 0 Å². The molecule has 2 amide bonds. The molecular weight excluding hydrogens is 354 g/mol. The molecule has 0 fully saturated rings. The Labute approximate surface area is 158 Å². The van der Waals surface area contributed by atoms with Crippen LogP contribution in [0.1, 0.15) is 12.5 Å². The first-order valence-corrected chi connectivity index (χ1v) is 8.54. The lowest BCUT2D eigenvalue weighted by atomic mass is 10.2. The maximum absolute atomic E-state index is 12.6. The average Bonchev–Trinajstić information content (AvgIpc) is 2.64. The van der Waals surface area contributed by atoms with E-state index < -0.39 is 0 Å². The lowest BCUT2D eigenvalue weighted by Gasteiger charge is -2.26. The summed E-state index contributed by atoms with van der Waals surface area (Å²) in [4.78, 5) is 31.6. The first-order chi connectivity index (χ1) is 12.4. The van der Waals surface area contributed by atoms with Gasteiger partial charge in [0.25, 0.3) is 0 Å². The number of hydrogen-bond donors (Lipinski definition) is 0. The molecule has 1 aromatic carbocycles. The molecule has 0 atom stereocenters. The van der Waals surface area contributed by atoms with E-state index in [-0.39, 0.29) is 18.4 Å². The number of amides is 2. The second kappa shape index (κ2) is 9.20. The Morgan fingerprint density at radius 3 is 2.50 bits per heavy atom. The normalized spacial score (nSPS) is 10.3. The highest BCUT2D eigenvalue weighted by atomic mass is 35.5. The highest BCUT2D eigenvalue weighted by Crippen LogP contribution is 2.31. The largest absolute Gasteiger partial charge is 0.495 e. The number of rotatable bonds is 7. The molecule has 0 aliphatic rings. The number of methoxy groups -OCH3 is 1. The van der Waals surface area contributed by atoms with Gasteiger partial charge >= 0.3 is 0 Å². The van der Waals surface area contributed by atoms with Gasteiger partial charge in [0.05, 0.1) is 12.8 Å². The smallest absolute Gasteiger partial charge is 0.242 e. The standard InChI is InChI=1S/C19H22ClN3O3/c1-14(24)23(17-12-16(20)4-5-18(17)26-3)13-19(25)22(2)11-8-15-6-9-21-10-7-15/h4-7,9-10,12H,8,11,13H2,1-3H3. The van der Waals surface area contributed by atoms with E-state index >= 15 is 0 Å². The van der Waals surface area contributed by atoms with Gasteiger partial charge in [0, 0.05) is 37.9 Å². The maximum atomic E-state index is 12.6. The van der Waals surface area contributed by atoms with Gasteiger partial charge in [0.2, 0.25) is 11.8 Å². The minimum absolute atomic E-state index is 0.0844. The van der Waals surface area contributed by atoms with Gasteiger partial charge in [-0.1, -0.05) is 11.6 Å². The topological polar surface area (TPSA) is 62.7 Å². The predicted octanol–water partition coefficient (Wildman–Crippen LogP) is 2.80. The minimum Gasteiger partial charge on any atom is -0.495 e. The number of ether oxygens (including phenoxy) is 1. The summed E-state index contributed by atoms with van der Waals surface area (Å²) in [5, 5.41) is 0.463. The van der Waals surface area contributed by atoms with Crippen LogP contribution in [0.2, 0.25) is 5.02 Å². The second-order valence-corrected chi connectivity index (χ2v) is 6.28. The predicted molar refractivity (Wildman–Crippen MR) is 102 cm³/mol. The van der Waals surface area contributed by atoms with Gasteiger partial charge in [-0.15, -0.1) is 0 Å². The molecule has 0 N–H and O–H groups in total. The first-order valence-electron chi connectivity index (χ1n) is 8.17. The summed E-state index contributed by atoms with van der Waals surface area (Å²) in [5.41, 5.74) is 1.57. The fourth-order valence-electron chi connectivity index (χ4n) is 2.47. The van der Waals surface area contributed by atoms with Crippen LogP contribution < -0.4 is 9.64 Å². The molecule has 0 saturated heterocycles. The van der Waals surface area contributed by atoms with Gasteiger partial charge in [-0.3, -0.25) is 19.5 Å². The molecule has 2 rings (SSSR count). The molecule has 0 aliphatic heterocycles. The van der Waals surface area contributed by atoms with E-state index in [4.69, 9.17) is 16.3 Å². The second-order valence-electron chi connectivity index (χ2n) is 5.84. The number of nitrogens with zero attached hydrogens (tertiary/aromatic N) is 3. The number of halogens is 1. The molecule has 0 aliphatic carbocycles. The van der Waals surface area contributed by atoms with Crippen LogP contribution >= 0.6 is 11.6 Å². The number of anilines is 1. The summed E-state index contributed by atoms with van der Waals surface area (Å²) in [7, 11) is 3.23. The molecule has 1 aromatic heterocycles. The molecule has 0 bridgehead atoms. The maximum Gasteiger partial charge on any atom is 0.242 e. The number of aromatic nitrogens is 1. The molecule has 6 nitrogen and oxygen atoms in total. The zero-order valence-corrected chi connectivity index (χ0v) is 15.9. The molecule has 1 heterocycles. The summed E-state index contributed by atoms with van der Waals surface area (Å²) in [6, 6.07) is 8.79. The fourth-order valence-corrected chi connectivity index (χ4v) is 2.63. The van der Waals surface area contributed by atoms with E-state index in [2.05, 4.69) is 4.98 Å². The molecule has 138 valence electrons. The van der Waals surface area contributed by atoms with E-state index in [0.717, 1.165) is 5.56 Å². The highest BCUT2D eigenvalue weighted by molar-refractivity contribution is 6.31. The van der Waals surface area contributed by atoms with Crippen LogP contribution in [0.15, 0.2) is 42.7 Å². The number of carbonyl (C=O) groups is 2. The molecule has 26 heavy (non-hydrogen) atoms. The first kappa shape index (κ1) is 19.7. The molecule has 0 radical (unpaired) electrons. The van der Waals surface area contributed by atoms with Crippen molar-refractivity contribution < 1.29 is 14.3 Å². The van der Waals surface area contributed by atoms with Crippen molar-refractivity contribution in [1.82, 2.24) is 9.88 Å². The Hall–Kier alpha value is -2.60. The minimum atomic E-state index is -0.263. The Kier molecular flexibility index (Phi) is 6.97. The van der Waals surface area contributed by atoms with Crippen molar-refractivity contribution in [2.45, 2.75) is 13.3 Å². The number of hydrogen-bond acceptors (Lipinski definition) is 4. The van der Waals surface area contributed by atoms with E-state index in [9.17, 15) is 9.59 Å². The van der Waals surface area contributed by atoms with Gasteiger partial charge < -0.3 is 9.64 Å². The summed E-state index contributed by atoms with van der Waals surface area (Å²) >= 11 is 6.05. The van der Waals surface area contributed by atoms with Crippen molar-refractivity contribution in [3.05, 3.63) is 53.3 Å². The molecule has 0 unspecified atom stereocenters. The third-order valence-electron chi connectivity index (χ3n) is 4.02. The van der Waals surface area contributed by atoms with Gasteiger partial charge in [-0.05, 0) is 42.3 Å². The number of benzene rings is 1. The fraction of sp³-hybridized carbons (Fsp3) is 0.316. The van der Waals surface area contributed by atoms with Crippen LogP contribution in [0, 0.1) is 0 Å². The molecule has 7 heteroatoms. The Morgan fingerprint density at radius 2 is 1.88 bits per heavy atom. The van der Waals surface area contributed by atoms with Crippen LogP contribution in [-0.4, -0.2) is 48.9 Å². The molecule has 0 saturated carbocycles. The van der Waals surface area contributed by atoms with E-state index in [0.29, 0.717) is 29.4 Å². The summed E-state index contributed by atoms with van der Waals surface area (Å²) in [6.07, 6.45) is 4.16. The van der Waals surface area contributed by atoms with Gasteiger partial charge in [-0.25, -0.2) is 0 Å². The average molecular weight is 376 g/mol. The van der Waals surface area contributed by atoms with Crippen molar-refractivity contribution >= 4 is 29.1 Å². The van der Waals surface area contributed by atoms with Crippen LogP contribution in [0.3, 0.4) is 0 Å². The van der Waals surface area contributed by atoms with Crippen LogP contribution in [0.5, 0.6) is 5.75 Å². The Morgan fingerprint density at radius 1 is 1.19 bits per heavy atom. The van der Waals surface area contributed by atoms with E-state index in [1.807, 2.05) is 12.1 Å². The quantitative estimate of drug-likeness (QED) is 0.746. The number of carbonyl (C=O) groups excluding carboxylic acids is 2. The summed E-state index contributed by atoms with van der Waals surface area (Å²) in [5.74, 6) is 0.0505.